The third-order valence-electron chi connectivity index (χ3n) is 6.00. The molecule has 0 aromatic rings. The molecule has 0 aromatic carbocycles. The number of rotatable bonds is 3. The summed E-state index contributed by atoms with van der Waals surface area (Å²) >= 11 is 0. The fraction of sp³-hybridized carbons (Fsp3) is 1.00. The van der Waals surface area contributed by atoms with Crippen molar-refractivity contribution in [2.45, 2.75) is 75.9 Å². The first-order valence-electron chi connectivity index (χ1n) is 8.75. The zero-order chi connectivity index (χ0) is 14.1. The Labute approximate surface area is 123 Å². The van der Waals surface area contributed by atoms with Crippen LogP contribution in [0.25, 0.3) is 0 Å². The highest BCUT2D eigenvalue weighted by Gasteiger charge is 2.48. The van der Waals surface area contributed by atoms with Gasteiger partial charge in [-0.05, 0) is 76.8 Å². The SMILES string of the molecule is CCCN1CCCC(O)(C2CCOC3(CCC3)C2)CC1. The van der Waals surface area contributed by atoms with E-state index in [9.17, 15) is 5.11 Å². The summed E-state index contributed by atoms with van der Waals surface area (Å²) in [5.41, 5.74) is -0.261. The average molecular weight is 281 g/mol. The van der Waals surface area contributed by atoms with Crippen molar-refractivity contribution < 1.29 is 9.84 Å². The van der Waals surface area contributed by atoms with E-state index in [4.69, 9.17) is 4.74 Å². The predicted octanol–water partition coefficient (Wildman–Crippen LogP) is 2.96. The normalized spacial score (nSPS) is 38.4. The number of ether oxygens (including phenoxy) is 1. The minimum Gasteiger partial charge on any atom is -0.390 e. The standard InChI is InChI=1S/C17H31NO2/c1-2-10-18-11-4-8-17(19,9-12-18)15-5-13-20-16(14-15)6-3-7-16/h15,19H,2-14H2,1H3. The third-order valence-corrected chi connectivity index (χ3v) is 6.00. The number of hydrogen-bond acceptors (Lipinski definition) is 3. The Balaban J connectivity index is 1.62. The maximum Gasteiger partial charge on any atom is 0.0690 e. The minimum atomic E-state index is -0.422. The van der Waals surface area contributed by atoms with Crippen LogP contribution in [0.3, 0.4) is 0 Å². The molecule has 0 aromatic heterocycles. The van der Waals surface area contributed by atoms with Gasteiger partial charge in [0.2, 0.25) is 0 Å². The van der Waals surface area contributed by atoms with Crippen LogP contribution in [0.4, 0.5) is 0 Å². The van der Waals surface area contributed by atoms with Crippen molar-refractivity contribution in [2.24, 2.45) is 5.92 Å². The third kappa shape index (κ3) is 2.90. The van der Waals surface area contributed by atoms with Gasteiger partial charge in [-0.2, -0.15) is 0 Å². The minimum absolute atomic E-state index is 0.161. The van der Waals surface area contributed by atoms with E-state index in [0.29, 0.717) is 5.92 Å². The van der Waals surface area contributed by atoms with Crippen molar-refractivity contribution in [1.82, 2.24) is 4.90 Å². The first-order valence-corrected chi connectivity index (χ1v) is 8.75. The second-order valence-electron chi connectivity index (χ2n) is 7.37. The molecule has 2 atom stereocenters. The van der Waals surface area contributed by atoms with E-state index in [1.807, 2.05) is 0 Å². The molecule has 3 aliphatic rings. The van der Waals surface area contributed by atoms with Crippen molar-refractivity contribution in [3.63, 3.8) is 0 Å². The topological polar surface area (TPSA) is 32.7 Å². The molecular formula is C17H31NO2. The zero-order valence-corrected chi connectivity index (χ0v) is 13.1. The Morgan fingerprint density at radius 1 is 1.15 bits per heavy atom. The van der Waals surface area contributed by atoms with Gasteiger partial charge in [0.1, 0.15) is 0 Å². The van der Waals surface area contributed by atoms with E-state index in [2.05, 4.69) is 11.8 Å². The Morgan fingerprint density at radius 2 is 2.00 bits per heavy atom. The molecule has 0 radical (unpaired) electrons. The smallest absolute Gasteiger partial charge is 0.0690 e. The first-order chi connectivity index (χ1) is 9.66. The van der Waals surface area contributed by atoms with Gasteiger partial charge in [-0.25, -0.2) is 0 Å². The second-order valence-corrected chi connectivity index (χ2v) is 7.37. The van der Waals surface area contributed by atoms with Crippen molar-refractivity contribution in [3.05, 3.63) is 0 Å². The molecule has 3 heteroatoms. The average Bonchev–Trinajstić information content (AvgIpc) is 2.61. The lowest BCUT2D eigenvalue weighted by atomic mass is 9.66. The molecule has 3 rings (SSSR count). The summed E-state index contributed by atoms with van der Waals surface area (Å²) in [5.74, 6) is 0.470. The molecule has 1 aliphatic carbocycles. The van der Waals surface area contributed by atoms with E-state index in [0.717, 1.165) is 45.3 Å². The van der Waals surface area contributed by atoms with Crippen molar-refractivity contribution in [2.75, 3.05) is 26.2 Å². The number of aliphatic hydroxyl groups is 1. The summed E-state index contributed by atoms with van der Waals surface area (Å²) in [4.78, 5) is 2.54. The number of nitrogens with zero attached hydrogens (tertiary/aromatic N) is 1. The van der Waals surface area contributed by atoms with E-state index >= 15 is 0 Å². The van der Waals surface area contributed by atoms with Crippen LogP contribution in [0.1, 0.15) is 64.7 Å². The molecule has 20 heavy (non-hydrogen) atoms. The summed E-state index contributed by atoms with van der Waals surface area (Å²) < 4.78 is 6.04. The van der Waals surface area contributed by atoms with Crippen LogP contribution in [-0.2, 0) is 4.74 Å². The summed E-state index contributed by atoms with van der Waals surface area (Å²) in [7, 11) is 0. The fourth-order valence-corrected chi connectivity index (χ4v) is 4.55. The van der Waals surface area contributed by atoms with Gasteiger partial charge in [-0.3, -0.25) is 0 Å². The molecular weight excluding hydrogens is 250 g/mol. The van der Waals surface area contributed by atoms with Crippen LogP contribution >= 0.6 is 0 Å². The summed E-state index contributed by atoms with van der Waals surface area (Å²) in [5, 5.41) is 11.2. The molecule has 1 spiro atoms. The lowest BCUT2D eigenvalue weighted by molar-refractivity contribution is -0.177. The quantitative estimate of drug-likeness (QED) is 0.863. The van der Waals surface area contributed by atoms with E-state index < -0.39 is 5.60 Å². The van der Waals surface area contributed by atoms with Gasteiger partial charge >= 0.3 is 0 Å². The molecule has 0 bridgehead atoms. The Kier molecular flexibility index (Phi) is 4.40. The maximum atomic E-state index is 11.2. The van der Waals surface area contributed by atoms with Crippen LogP contribution < -0.4 is 0 Å². The van der Waals surface area contributed by atoms with Crippen molar-refractivity contribution in [3.8, 4) is 0 Å². The monoisotopic (exact) mass is 281 g/mol. The van der Waals surface area contributed by atoms with Gasteiger partial charge in [0, 0.05) is 13.2 Å². The van der Waals surface area contributed by atoms with Gasteiger partial charge in [0.25, 0.3) is 0 Å². The summed E-state index contributed by atoms with van der Waals surface area (Å²) in [6.45, 7) is 6.55. The van der Waals surface area contributed by atoms with E-state index in [-0.39, 0.29) is 5.60 Å². The highest BCUT2D eigenvalue weighted by atomic mass is 16.5. The zero-order valence-electron chi connectivity index (χ0n) is 13.1. The lowest BCUT2D eigenvalue weighted by Gasteiger charge is -2.51. The first kappa shape index (κ1) is 14.8. The van der Waals surface area contributed by atoms with Crippen molar-refractivity contribution in [1.29, 1.82) is 0 Å². The maximum absolute atomic E-state index is 11.2. The van der Waals surface area contributed by atoms with Crippen molar-refractivity contribution >= 4 is 0 Å². The van der Waals surface area contributed by atoms with Crippen LogP contribution in [0.2, 0.25) is 0 Å². The van der Waals surface area contributed by atoms with Crippen LogP contribution in [0.5, 0.6) is 0 Å². The molecule has 2 saturated heterocycles. The number of hydrogen-bond donors (Lipinski definition) is 1. The molecule has 2 unspecified atom stereocenters. The van der Waals surface area contributed by atoms with Gasteiger partial charge < -0.3 is 14.7 Å². The van der Waals surface area contributed by atoms with Gasteiger partial charge in [-0.1, -0.05) is 6.92 Å². The largest absolute Gasteiger partial charge is 0.390 e. The molecule has 0 amide bonds. The van der Waals surface area contributed by atoms with Gasteiger partial charge in [0.15, 0.2) is 0 Å². The van der Waals surface area contributed by atoms with Gasteiger partial charge in [0.05, 0.1) is 11.2 Å². The van der Waals surface area contributed by atoms with E-state index in [1.54, 1.807) is 0 Å². The Morgan fingerprint density at radius 3 is 2.70 bits per heavy atom. The van der Waals surface area contributed by atoms with Crippen LogP contribution in [-0.4, -0.2) is 47.4 Å². The molecule has 2 heterocycles. The van der Waals surface area contributed by atoms with Gasteiger partial charge in [-0.15, -0.1) is 0 Å². The molecule has 1 saturated carbocycles. The summed E-state index contributed by atoms with van der Waals surface area (Å²) in [6, 6.07) is 0. The van der Waals surface area contributed by atoms with Crippen LogP contribution in [0, 0.1) is 5.92 Å². The molecule has 116 valence electrons. The molecule has 2 aliphatic heterocycles. The lowest BCUT2D eigenvalue weighted by Crippen LogP contribution is -2.52. The highest BCUT2D eigenvalue weighted by Crippen LogP contribution is 2.48. The molecule has 1 N–H and O–H groups in total. The predicted molar refractivity (Wildman–Crippen MR) is 80.8 cm³/mol. The summed E-state index contributed by atoms with van der Waals surface area (Å²) in [6.07, 6.45) is 10.3. The highest BCUT2D eigenvalue weighted by molar-refractivity contribution is 5.00. The molecule has 3 fully saturated rings. The molecule has 3 nitrogen and oxygen atoms in total. The van der Waals surface area contributed by atoms with E-state index in [1.165, 1.54) is 38.8 Å². The fourth-order valence-electron chi connectivity index (χ4n) is 4.55. The number of likely N-dealkylation sites (tertiary alicyclic amines) is 1. The Hall–Kier alpha value is -0.120. The van der Waals surface area contributed by atoms with Crippen LogP contribution in [0.15, 0.2) is 0 Å². The second kappa shape index (κ2) is 5.94. The Bertz CT molecular complexity index is 329.